The van der Waals surface area contributed by atoms with Crippen molar-refractivity contribution in [2.24, 2.45) is 16.8 Å². The Bertz CT molecular complexity index is 2670. The lowest BCUT2D eigenvalue weighted by Gasteiger charge is -2.37. The predicted octanol–water partition coefficient (Wildman–Crippen LogP) is 11.2. The molecule has 1 amide bonds. The van der Waals surface area contributed by atoms with Crippen molar-refractivity contribution in [2.45, 2.75) is 58.9 Å². The molecular formula is C53H47ClN2O5. The molecule has 3 unspecified atom stereocenters. The first-order chi connectivity index (χ1) is 29.5. The zero-order valence-corrected chi connectivity index (χ0v) is 35.3. The van der Waals surface area contributed by atoms with Crippen LogP contribution in [0.25, 0.3) is 5.57 Å². The molecule has 0 saturated carbocycles. The number of ketones is 3. The van der Waals surface area contributed by atoms with E-state index in [1.54, 1.807) is 48.6 Å². The molecule has 0 radical (unpaired) electrons. The number of Topliss-reactive ketones (excluding diaryl/α,β-unsaturated/α-hetero) is 2. The smallest absolute Gasteiger partial charge is 0.257 e. The van der Waals surface area contributed by atoms with Crippen LogP contribution in [0.5, 0.6) is 5.75 Å². The number of fused-ring (bicyclic) bond motifs is 2. The van der Waals surface area contributed by atoms with Crippen LogP contribution in [0.4, 0.5) is 5.69 Å². The minimum absolute atomic E-state index is 0.0289. The molecule has 0 spiro atoms. The third-order valence-electron chi connectivity index (χ3n) is 11.8. The van der Waals surface area contributed by atoms with E-state index in [2.05, 4.69) is 55.6 Å². The van der Waals surface area contributed by atoms with Gasteiger partial charge in [0.15, 0.2) is 11.6 Å². The van der Waals surface area contributed by atoms with Gasteiger partial charge < -0.3 is 10.1 Å². The predicted molar refractivity (Wildman–Crippen MR) is 244 cm³/mol. The van der Waals surface area contributed by atoms with Crippen LogP contribution < -0.4 is 10.1 Å². The summed E-state index contributed by atoms with van der Waals surface area (Å²) in [6, 6.07) is 27.7. The van der Waals surface area contributed by atoms with E-state index >= 15 is 0 Å². The van der Waals surface area contributed by atoms with Crippen molar-refractivity contribution in [2.75, 3.05) is 11.9 Å². The Morgan fingerprint density at radius 1 is 0.885 bits per heavy atom. The number of hydrogen-bond donors (Lipinski definition) is 1. The first-order valence-corrected chi connectivity index (χ1v) is 21.2. The van der Waals surface area contributed by atoms with Crippen molar-refractivity contribution in [3.8, 4) is 5.75 Å². The molecule has 61 heavy (non-hydrogen) atoms. The normalized spacial score (nSPS) is 19.0. The number of aliphatic imine (C=N–C) groups is 1. The van der Waals surface area contributed by atoms with E-state index in [1.807, 2.05) is 55.5 Å². The number of carbonyl (C=O) groups is 4. The highest BCUT2D eigenvalue weighted by atomic mass is 35.5. The molecule has 0 saturated heterocycles. The third kappa shape index (κ3) is 9.48. The van der Waals surface area contributed by atoms with Crippen LogP contribution in [0, 0.1) is 18.8 Å². The minimum atomic E-state index is -0.286. The fraction of sp³-hybridized carbons (Fsp3) is 0.226. The van der Waals surface area contributed by atoms with Crippen molar-refractivity contribution in [1.82, 2.24) is 0 Å². The second-order valence-corrected chi connectivity index (χ2v) is 16.7. The van der Waals surface area contributed by atoms with E-state index in [-0.39, 0.29) is 41.6 Å². The summed E-state index contributed by atoms with van der Waals surface area (Å²) >= 11 is 6.18. The zero-order chi connectivity index (χ0) is 42.6. The van der Waals surface area contributed by atoms with E-state index < -0.39 is 0 Å². The summed E-state index contributed by atoms with van der Waals surface area (Å²) in [5.41, 5.74) is 12.2. The number of nitrogens with one attached hydrogen (secondary N) is 1. The number of anilines is 1. The number of nitrogens with zero attached hydrogens (tertiary/aromatic N) is 1. The molecule has 8 heteroatoms. The number of carbonyl (C=O) groups excluding carboxylic acids is 4. The number of hydrogen-bond acceptors (Lipinski definition) is 6. The molecule has 8 rings (SSSR count). The molecular weight excluding hydrogens is 780 g/mol. The summed E-state index contributed by atoms with van der Waals surface area (Å²) in [4.78, 5) is 56.3. The number of amides is 1. The lowest BCUT2D eigenvalue weighted by atomic mass is 9.67. The first-order valence-electron chi connectivity index (χ1n) is 20.8. The Balaban J connectivity index is 0.820. The van der Waals surface area contributed by atoms with Crippen molar-refractivity contribution in [3.05, 3.63) is 194 Å². The van der Waals surface area contributed by atoms with Gasteiger partial charge in [0.1, 0.15) is 11.5 Å². The third-order valence-corrected chi connectivity index (χ3v) is 12.1. The van der Waals surface area contributed by atoms with Gasteiger partial charge in [-0.15, -0.1) is 0 Å². The van der Waals surface area contributed by atoms with E-state index in [1.165, 1.54) is 11.1 Å². The van der Waals surface area contributed by atoms with Crippen LogP contribution in [0.1, 0.15) is 82.5 Å². The number of ether oxygens (including phenoxy) is 1. The van der Waals surface area contributed by atoms with Crippen LogP contribution in [0.15, 0.2) is 161 Å². The Morgan fingerprint density at radius 3 is 2.51 bits per heavy atom. The fourth-order valence-corrected chi connectivity index (χ4v) is 8.88. The van der Waals surface area contributed by atoms with Gasteiger partial charge in [0.05, 0.1) is 28.9 Å². The van der Waals surface area contributed by atoms with Crippen molar-refractivity contribution < 1.29 is 23.9 Å². The maximum Gasteiger partial charge on any atom is 0.257 e. The van der Waals surface area contributed by atoms with Gasteiger partial charge in [-0.05, 0) is 139 Å². The maximum atomic E-state index is 13.4. The summed E-state index contributed by atoms with van der Waals surface area (Å²) in [5.74, 6) is 1.00. The molecule has 306 valence electrons. The zero-order valence-electron chi connectivity index (χ0n) is 34.5. The summed E-state index contributed by atoms with van der Waals surface area (Å²) in [7, 11) is 0. The van der Waals surface area contributed by atoms with Gasteiger partial charge in [-0.25, -0.2) is 0 Å². The van der Waals surface area contributed by atoms with Crippen LogP contribution in [-0.4, -0.2) is 41.6 Å². The largest absolute Gasteiger partial charge is 0.494 e. The van der Waals surface area contributed by atoms with E-state index in [0.29, 0.717) is 59.4 Å². The molecule has 4 aromatic carbocycles. The monoisotopic (exact) mass is 826 g/mol. The number of allylic oxidation sites excluding steroid dienone is 11. The van der Waals surface area contributed by atoms with E-state index in [9.17, 15) is 19.2 Å². The Labute approximate surface area is 362 Å². The molecule has 1 aliphatic heterocycles. The summed E-state index contributed by atoms with van der Waals surface area (Å²) in [6.45, 7) is 6.56. The number of benzene rings is 4. The van der Waals surface area contributed by atoms with Gasteiger partial charge in [-0.2, -0.15) is 0 Å². The number of halogens is 1. The Hall–Kier alpha value is -6.44. The first kappa shape index (κ1) is 41.3. The highest BCUT2D eigenvalue weighted by Crippen LogP contribution is 2.48. The highest BCUT2D eigenvalue weighted by molar-refractivity contribution is 6.34. The van der Waals surface area contributed by atoms with Crippen molar-refractivity contribution >= 4 is 51.8 Å². The van der Waals surface area contributed by atoms with Gasteiger partial charge in [0.25, 0.3) is 5.91 Å². The van der Waals surface area contributed by atoms with Gasteiger partial charge in [0, 0.05) is 36.4 Å². The van der Waals surface area contributed by atoms with Crippen LogP contribution in [0.2, 0.25) is 5.02 Å². The minimum Gasteiger partial charge on any atom is -0.494 e. The van der Waals surface area contributed by atoms with E-state index in [4.69, 9.17) is 21.3 Å². The average Bonchev–Trinajstić information content (AvgIpc) is 3.61. The number of rotatable bonds is 14. The number of aryl methyl sites for hydroxylation is 1. The van der Waals surface area contributed by atoms with Gasteiger partial charge >= 0.3 is 0 Å². The van der Waals surface area contributed by atoms with Gasteiger partial charge in [-0.1, -0.05) is 96.1 Å². The molecule has 3 aliphatic carbocycles. The molecule has 7 nitrogen and oxygen atoms in total. The quantitative estimate of drug-likeness (QED) is 0.101. The lowest BCUT2D eigenvalue weighted by molar-refractivity contribution is -0.118. The average molecular weight is 827 g/mol. The van der Waals surface area contributed by atoms with E-state index in [0.717, 1.165) is 51.1 Å². The Kier molecular flexibility index (Phi) is 12.2. The Morgan fingerprint density at radius 2 is 1.70 bits per heavy atom. The molecule has 3 atom stereocenters. The SMILES string of the molecule is CC1=CC2CC3=CC(=O)C=CC3=C(c3ccc(CC(=O)CCCOc4cccc(C(=O)CC5=CC(c6ccc(NC(=O)c7ccccc7Cl)cc6)=NC5C)c4)cc3C)C2C=C1. The fourth-order valence-electron chi connectivity index (χ4n) is 8.66. The van der Waals surface area contributed by atoms with Crippen LogP contribution >= 0.6 is 11.6 Å². The second kappa shape index (κ2) is 18.0. The lowest BCUT2D eigenvalue weighted by Crippen LogP contribution is -2.24. The summed E-state index contributed by atoms with van der Waals surface area (Å²) < 4.78 is 6.01. The topological polar surface area (TPSA) is 102 Å². The summed E-state index contributed by atoms with van der Waals surface area (Å²) in [6.07, 6.45) is 16.6. The molecule has 1 heterocycles. The molecule has 4 aliphatic rings. The molecule has 1 N–H and O–H groups in total. The second-order valence-electron chi connectivity index (χ2n) is 16.3. The summed E-state index contributed by atoms with van der Waals surface area (Å²) in [5, 5.41) is 3.26. The van der Waals surface area contributed by atoms with Crippen LogP contribution in [0.3, 0.4) is 0 Å². The highest BCUT2D eigenvalue weighted by Gasteiger charge is 2.34. The van der Waals surface area contributed by atoms with Gasteiger partial charge in [0.2, 0.25) is 0 Å². The molecule has 0 fully saturated rings. The molecule has 4 aromatic rings. The van der Waals surface area contributed by atoms with Crippen molar-refractivity contribution in [3.63, 3.8) is 0 Å². The molecule has 0 bridgehead atoms. The van der Waals surface area contributed by atoms with Gasteiger partial charge in [-0.3, -0.25) is 24.2 Å². The molecule has 0 aromatic heterocycles. The van der Waals surface area contributed by atoms with Crippen molar-refractivity contribution in [1.29, 1.82) is 0 Å². The standard InChI is InChI=1S/C53H47ClN2O5/c1-32-13-20-46-39(24-32)27-40-28-43(58)19-22-47(40)52(46)45-21-14-35(25-33(45)2)26-42(57)9-7-23-61-44-10-6-8-37(29-44)51(59)31-38-30-50(55-34(38)3)36-15-17-41(18-16-36)56-53(60)48-11-4-5-12-49(48)54/h4-6,8,10-22,24-25,28-30,34,39,46H,7,9,23,26-27,31H2,1-3H3,(H,56,60). The maximum absolute atomic E-state index is 13.4. The van der Waals surface area contributed by atoms with Crippen LogP contribution in [-0.2, 0) is 16.0 Å².